The Morgan fingerprint density at radius 2 is 1.42 bits per heavy atom. The van der Waals surface area contributed by atoms with Gasteiger partial charge in [-0.05, 0) is 48.5 Å². The van der Waals surface area contributed by atoms with Crippen LogP contribution in [-0.2, 0) is 10.1 Å². The topological polar surface area (TPSA) is 81.8 Å². The van der Waals surface area contributed by atoms with Crippen molar-refractivity contribution in [1.29, 1.82) is 0 Å². The molecule has 128 valence electrons. The Morgan fingerprint density at radius 3 is 1.83 bits per heavy atom. The second kappa shape index (κ2) is 6.48. The zero-order valence-corrected chi connectivity index (χ0v) is 12.6. The van der Waals surface area contributed by atoms with Crippen molar-refractivity contribution in [2.45, 2.75) is 5.51 Å². The normalized spacial score (nSPS) is 12.9. The SMILES string of the molecule is NN=C(c1ccc(F)cc1)c1ccc(OS(=O)(=O)C(F)(F)F)cc1. The minimum absolute atomic E-state index is 0.236. The molecule has 2 N–H and O–H groups in total. The third kappa shape index (κ3) is 3.82. The van der Waals surface area contributed by atoms with Crippen LogP contribution in [0.5, 0.6) is 5.75 Å². The minimum Gasteiger partial charge on any atom is -0.376 e. The highest BCUT2D eigenvalue weighted by atomic mass is 32.2. The standard InChI is InChI=1S/C14H10F4N2O3S/c15-11-5-1-9(2-6-11)13(20-19)10-3-7-12(8-4-10)23-24(21,22)14(16,17)18/h1-8H,19H2. The van der Waals surface area contributed by atoms with Crippen LogP contribution in [0.2, 0.25) is 0 Å². The van der Waals surface area contributed by atoms with E-state index in [-0.39, 0.29) is 5.71 Å². The van der Waals surface area contributed by atoms with Gasteiger partial charge in [0.05, 0.1) is 5.71 Å². The molecule has 24 heavy (non-hydrogen) atoms. The number of hydrazone groups is 1. The number of alkyl halides is 3. The average molecular weight is 362 g/mol. The summed E-state index contributed by atoms with van der Waals surface area (Å²) in [7, 11) is -5.74. The summed E-state index contributed by atoms with van der Waals surface area (Å²) in [6.45, 7) is 0. The average Bonchev–Trinajstić information content (AvgIpc) is 2.50. The molecule has 2 aromatic carbocycles. The van der Waals surface area contributed by atoms with Gasteiger partial charge in [-0.15, -0.1) is 0 Å². The number of benzene rings is 2. The summed E-state index contributed by atoms with van der Waals surface area (Å²) < 4.78 is 75.5. The lowest BCUT2D eigenvalue weighted by Crippen LogP contribution is -2.28. The van der Waals surface area contributed by atoms with E-state index in [2.05, 4.69) is 9.28 Å². The maximum absolute atomic E-state index is 12.9. The molecule has 0 saturated carbocycles. The lowest BCUT2D eigenvalue weighted by molar-refractivity contribution is -0.0500. The first-order valence-electron chi connectivity index (χ1n) is 6.29. The zero-order chi connectivity index (χ0) is 18.0. The van der Waals surface area contributed by atoms with Crippen LogP contribution in [0.25, 0.3) is 0 Å². The first-order valence-corrected chi connectivity index (χ1v) is 7.70. The summed E-state index contributed by atoms with van der Waals surface area (Å²) in [5.41, 5.74) is -4.44. The molecule has 2 rings (SSSR count). The summed E-state index contributed by atoms with van der Waals surface area (Å²) in [6, 6.07) is 9.80. The summed E-state index contributed by atoms with van der Waals surface area (Å²) in [5, 5.41) is 3.56. The Balaban J connectivity index is 2.27. The predicted octanol–water partition coefficient (Wildman–Crippen LogP) is 2.77. The lowest BCUT2D eigenvalue weighted by Gasteiger charge is -2.10. The maximum Gasteiger partial charge on any atom is 0.534 e. The number of rotatable bonds is 4. The Morgan fingerprint density at radius 1 is 0.958 bits per heavy atom. The molecule has 5 nitrogen and oxygen atoms in total. The highest BCUT2D eigenvalue weighted by Gasteiger charge is 2.48. The summed E-state index contributed by atoms with van der Waals surface area (Å²) >= 11 is 0. The molecule has 0 aromatic heterocycles. The van der Waals surface area contributed by atoms with Crippen LogP contribution in [0.4, 0.5) is 17.6 Å². The van der Waals surface area contributed by atoms with Crippen molar-refractivity contribution in [3.63, 3.8) is 0 Å². The van der Waals surface area contributed by atoms with E-state index in [1.54, 1.807) is 0 Å². The molecule has 0 radical (unpaired) electrons. The maximum atomic E-state index is 12.9. The monoisotopic (exact) mass is 362 g/mol. The smallest absolute Gasteiger partial charge is 0.376 e. The molecule has 10 heteroatoms. The molecule has 0 bridgehead atoms. The van der Waals surface area contributed by atoms with Gasteiger partial charge in [0.2, 0.25) is 0 Å². The first-order chi connectivity index (χ1) is 11.1. The van der Waals surface area contributed by atoms with E-state index in [9.17, 15) is 26.0 Å². The van der Waals surface area contributed by atoms with Gasteiger partial charge in [0.1, 0.15) is 11.6 Å². The quantitative estimate of drug-likeness (QED) is 0.226. The Hall–Kier alpha value is -2.62. The van der Waals surface area contributed by atoms with Crippen molar-refractivity contribution >= 4 is 15.8 Å². The van der Waals surface area contributed by atoms with Crippen molar-refractivity contribution < 1.29 is 30.2 Å². The van der Waals surface area contributed by atoms with Crippen molar-refractivity contribution in [3.8, 4) is 5.75 Å². The molecule has 0 spiro atoms. The number of hydrogen-bond donors (Lipinski definition) is 1. The van der Waals surface area contributed by atoms with Crippen molar-refractivity contribution in [1.82, 2.24) is 0 Å². The third-order valence-corrected chi connectivity index (χ3v) is 3.84. The van der Waals surface area contributed by atoms with Gasteiger partial charge in [-0.25, -0.2) is 4.39 Å². The van der Waals surface area contributed by atoms with E-state index >= 15 is 0 Å². The fourth-order valence-electron chi connectivity index (χ4n) is 1.77. The number of nitrogens with two attached hydrogens (primary N) is 1. The van der Waals surface area contributed by atoms with E-state index in [1.807, 2.05) is 0 Å². The Kier molecular flexibility index (Phi) is 4.78. The van der Waals surface area contributed by atoms with E-state index in [4.69, 9.17) is 5.84 Å². The molecular weight excluding hydrogens is 352 g/mol. The molecule has 0 saturated heterocycles. The number of nitrogens with zero attached hydrogens (tertiary/aromatic N) is 1. The molecule has 0 aliphatic rings. The molecule has 0 fully saturated rings. The van der Waals surface area contributed by atoms with Gasteiger partial charge in [-0.1, -0.05) is 0 Å². The van der Waals surface area contributed by atoms with Gasteiger partial charge in [-0.3, -0.25) is 0 Å². The van der Waals surface area contributed by atoms with E-state index < -0.39 is 27.2 Å². The van der Waals surface area contributed by atoms with Crippen LogP contribution in [0.1, 0.15) is 11.1 Å². The molecule has 0 unspecified atom stereocenters. The summed E-state index contributed by atoms with van der Waals surface area (Å²) in [5.74, 6) is 4.31. The molecule has 0 atom stereocenters. The number of halogens is 4. The first kappa shape index (κ1) is 17.7. The second-order valence-electron chi connectivity index (χ2n) is 4.49. The van der Waals surface area contributed by atoms with Crippen molar-refractivity contribution in [2.75, 3.05) is 0 Å². The fraction of sp³-hybridized carbons (Fsp3) is 0.0714. The molecular formula is C14H10F4N2O3S. The fourth-order valence-corrected chi connectivity index (χ4v) is 2.22. The molecule has 0 aliphatic heterocycles. The van der Waals surface area contributed by atoms with Crippen molar-refractivity contribution in [2.24, 2.45) is 10.9 Å². The van der Waals surface area contributed by atoms with Gasteiger partial charge >= 0.3 is 15.6 Å². The number of hydrogen-bond acceptors (Lipinski definition) is 5. The zero-order valence-electron chi connectivity index (χ0n) is 11.8. The van der Waals surface area contributed by atoms with E-state index in [1.165, 1.54) is 36.4 Å². The van der Waals surface area contributed by atoms with Gasteiger partial charge < -0.3 is 10.0 Å². The minimum atomic E-state index is -5.74. The van der Waals surface area contributed by atoms with Crippen LogP contribution >= 0.6 is 0 Å². The van der Waals surface area contributed by atoms with Gasteiger partial charge in [0.15, 0.2) is 0 Å². The highest BCUT2D eigenvalue weighted by molar-refractivity contribution is 7.88. The molecule has 0 amide bonds. The van der Waals surface area contributed by atoms with E-state index in [0.29, 0.717) is 11.1 Å². The Bertz CT molecular complexity index is 845. The molecule has 0 aliphatic carbocycles. The van der Waals surface area contributed by atoms with Crippen LogP contribution < -0.4 is 10.0 Å². The third-order valence-electron chi connectivity index (χ3n) is 2.86. The van der Waals surface area contributed by atoms with Crippen molar-refractivity contribution in [3.05, 3.63) is 65.5 Å². The lowest BCUT2D eigenvalue weighted by atomic mass is 10.0. The van der Waals surface area contributed by atoms with Crippen LogP contribution in [0, 0.1) is 5.82 Å². The summed E-state index contributed by atoms with van der Waals surface area (Å²) in [4.78, 5) is 0. The Labute approximate surface area is 134 Å². The predicted molar refractivity (Wildman–Crippen MR) is 78.3 cm³/mol. The van der Waals surface area contributed by atoms with E-state index in [0.717, 1.165) is 12.1 Å². The summed E-state index contributed by atoms with van der Waals surface area (Å²) in [6.07, 6.45) is 0. The highest BCUT2D eigenvalue weighted by Crippen LogP contribution is 2.27. The molecule has 0 heterocycles. The van der Waals surface area contributed by atoms with Crippen LogP contribution in [0.3, 0.4) is 0 Å². The largest absolute Gasteiger partial charge is 0.534 e. The second-order valence-corrected chi connectivity index (χ2v) is 6.03. The van der Waals surface area contributed by atoms with Gasteiger partial charge in [0, 0.05) is 11.1 Å². The van der Waals surface area contributed by atoms with Crippen LogP contribution in [-0.4, -0.2) is 19.6 Å². The molecule has 2 aromatic rings. The van der Waals surface area contributed by atoms with Gasteiger partial charge in [0.25, 0.3) is 0 Å². The van der Waals surface area contributed by atoms with Crippen LogP contribution in [0.15, 0.2) is 53.6 Å². The van der Waals surface area contributed by atoms with Gasteiger partial charge in [-0.2, -0.15) is 26.7 Å².